The van der Waals surface area contributed by atoms with Gasteiger partial charge in [0.15, 0.2) is 11.5 Å². The molecule has 1 atom stereocenters. The molecule has 140 valence electrons. The van der Waals surface area contributed by atoms with Crippen LogP contribution in [-0.4, -0.2) is 67.0 Å². The summed E-state index contributed by atoms with van der Waals surface area (Å²) in [4.78, 5) is 22.7. The molecule has 0 bridgehead atoms. The van der Waals surface area contributed by atoms with Crippen LogP contribution in [0.1, 0.15) is 36.5 Å². The van der Waals surface area contributed by atoms with Crippen LogP contribution in [0.25, 0.3) is 0 Å². The number of carbonyl (C=O) groups excluding carboxylic acids is 1. The molecule has 0 radical (unpaired) electrons. The van der Waals surface area contributed by atoms with Crippen molar-refractivity contribution in [2.45, 2.75) is 32.3 Å². The van der Waals surface area contributed by atoms with Gasteiger partial charge in [-0.15, -0.1) is 0 Å². The van der Waals surface area contributed by atoms with Crippen LogP contribution in [0.3, 0.4) is 0 Å². The monoisotopic (exact) mass is 359 g/mol. The van der Waals surface area contributed by atoms with Crippen LogP contribution >= 0.6 is 0 Å². The molecule has 3 heterocycles. The third-order valence-corrected chi connectivity index (χ3v) is 5.16. The molecule has 0 aromatic heterocycles. The van der Waals surface area contributed by atoms with E-state index in [1.807, 2.05) is 17.0 Å². The molecule has 0 spiro atoms. The number of carbonyl (C=O) groups is 1. The molecule has 1 unspecified atom stereocenters. The van der Waals surface area contributed by atoms with E-state index < -0.39 is 0 Å². The SMILES string of the molecule is CCC1=NOC(CN2CCCN(C(=O)c3ccc4c(c3)OCO4)CC2)C1. The topological polar surface area (TPSA) is 63.6 Å². The van der Waals surface area contributed by atoms with E-state index in [0.29, 0.717) is 17.1 Å². The molecule has 3 aliphatic heterocycles. The Morgan fingerprint density at radius 1 is 1.19 bits per heavy atom. The summed E-state index contributed by atoms with van der Waals surface area (Å²) in [5.41, 5.74) is 1.80. The molecule has 1 amide bonds. The first-order valence-corrected chi connectivity index (χ1v) is 9.36. The molecule has 1 aromatic carbocycles. The minimum atomic E-state index is 0.0545. The first kappa shape index (κ1) is 17.1. The van der Waals surface area contributed by atoms with Gasteiger partial charge in [-0.3, -0.25) is 9.69 Å². The zero-order valence-corrected chi connectivity index (χ0v) is 15.1. The van der Waals surface area contributed by atoms with Crippen molar-refractivity contribution in [1.82, 2.24) is 9.80 Å². The smallest absolute Gasteiger partial charge is 0.254 e. The van der Waals surface area contributed by atoms with Gasteiger partial charge in [0.1, 0.15) is 6.10 Å². The Morgan fingerprint density at radius 2 is 2.08 bits per heavy atom. The van der Waals surface area contributed by atoms with E-state index in [0.717, 1.165) is 57.7 Å². The van der Waals surface area contributed by atoms with Gasteiger partial charge in [0.25, 0.3) is 5.91 Å². The number of nitrogens with zero attached hydrogens (tertiary/aromatic N) is 3. The van der Waals surface area contributed by atoms with Crippen LogP contribution in [0.5, 0.6) is 11.5 Å². The van der Waals surface area contributed by atoms with Crippen LogP contribution in [0, 0.1) is 0 Å². The first-order valence-electron chi connectivity index (χ1n) is 9.36. The van der Waals surface area contributed by atoms with E-state index in [-0.39, 0.29) is 18.8 Å². The van der Waals surface area contributed by atoms with Gasteiger partial charge in [-0.05, 0) is 31.0 Å². The molecule has 1 saturated heterocycles. The predicted octanol–water partition coefficient (Wildman–Crippen LogP) is 2.12. The largest absolute Gasteiger partial charge is 0.454 e. The number of hydrogen-bond donors (Lipinski definition) is 0. The Hall–Kier alpha value is -2.28. The fourth-order valence-electron chi connectivity index (χ4n) is 3.65. The molecule has 1 fully saturated rings. The van der Waals surface area contributed by atoms with Crippen molar-refractivity contribution >= 4 is 11.6 Å². The highest BCUT2D eigenvalue weighted by Gasteiger charge is 2.26. The Balaban J connectivity index is 1.33. The molecule has 0 saturated carbocycles. The summed E-state index contributed by atoms with van der Waals surface area (Å²) in [5, 5.41) is 4.14. The fraction of sp³-hybridized carbons (Fsp3) is 0.579. The predicted molar refractivity (Wildman–Crippen MR) is 96.7 cm³/mol. The van der Waals surface area contributed by atoms with Gasteiger partial charge in [0.05, 0.1) is 5.71 Å². The summed E-state index contributed by atoms with van der Waals surface area (Å²) in [6.07, 6.45) is 2.99. The lowest BCUT2D eigenvalue weighted by Crippen LogP contribution is -2.37. The van der Waals surface area contributed by atoms with E-state index in [2.05, 4.69) is 17.0 Å². The van der Waals surface area contributed by atoms with Crippen molar-refractivity contribution in [3.8, 4) is 11.5 Å². The second-order valence-corrected chi connectivity index (χ2v) is 6.96. The van der Waals surface area contributed by atoms with Crippen LogP contribution in [-0.2, 0) is 4.84 Å². The highest BCUT2D eigenvalue weighted by atomic mass is 16.7. The van der Waals surface area contributed by atoms with Crippen LogP contribution in [0.4, 0.5) is 0 Å². The van der Waals surface area contributed by atoms with Crippen LogP contribution in [0.15, 0.2) is 23.4 Å². The molecule has 26 heavy (non-hydrogen) atoms. The van der Waals surface area contributed by atoms with Gasteiger partial charge in [0.2, 0.25) is 6.79 Å². The van der Waals surface area contributed by atoms with Crippen molar-refractivity contribution in [3.63, 3.8) is 0 Å². The Kier molecular flexibility index (Phi) is 4.97. The number of benzene rings is 1. The second-order valence-electron chi connectivity index (χ2n) is 6.96. The molecule has 3 aliphatic rings. The van der Waals surface area contributed by atoms with E-state index >= 15 is 0 Å². The third-order valence-electron chi connectivity index (χ3n) is 5.16. The fourth-order valence-corrected chi connectivity index (χ4v) is 3.65. The molecule has 7 heteroatoms. The van der Waals surface area contributed by atoms with Gasteiger partial charge in [0, 0.05) is 44.7 Å². The minimum Gasteiger partial charge on any atom is -0.454 e. The number of amides is 1. The van der Waals surface area contributed by atoms with Gasteiger partial charge < -0.3 is 19.2 Å². The normalized spacial score (nSPS) is 22.7. The van der Waals surface area contributed by atoms with Gasteiger partial charge >= 0.3 is 0 Å². The molecule has 4 rings (SSSR count). The lowest BCUT2D eigenvalue weighted by atomic mass is 10.1. The molecule has 7 nitrogen and oxygen atoms in total. The molecule has 0 aliphatic carbocycles. The van der Waals surface area contributed by atoms with Gasteiger partial charge in [-0.1, -0.05) is 12.1 Å². The minimum absolute atomic E-state index is 0.0545. The van der Waals surface area contributed by atoms with Crippen molar-refractivity contribution in [3.05, 3.63) is 23.8 Å². The quantitative estimate of drug-likeness (QED) is 0.824. The Labute approximate surface area is 153 Å². The third kappa shape index (κ3) is 3.62. The van der Waals surface area contributed by atoms with Crippen LogP contribution < -0.4 is 9.47 Å². The van der Waals surface area contributed by atoms with Crippen molar-refractivity contribution in [1.29, 1.82) is 0 Å². The summed E-state index contributed by atoms with van der Waals surface area (Å²) < 4.78 is 10.7. The first-order chi connectivity index (χ1) is 12.7. The summed E-state index contributed by atoms with van der Waals surface area (Å²) in [6, 6.07) is 5.40. The lowest BCUT2D eigenvalue weighted by Gasteiger charge is -2.23. The molecule has 0 N–H and O–H groups in total. The Morgan fingerprint density at radius 3 is 2.92 bits per heavy atom. The number of hydrogen-bond acceptors (Lipinski definition) is 6. The lowest BCUT2D eigenvalue weighted by molar-refractivity contribution is 0.0530. The maximum Gasteiger partial charge on any atom is 0.254 e. The maximum atomic E-state index is 12.9. The number of oxime groups is 1. The summed E-state index contributed by atoms with van der Waals surface area (Å²) in [5.74, 6) is 1.41. The van der Waals surface area contributed by atoms with Crippen molar-refractivity contribution in [2.75, 3.05) is 39.5 Å². The van der Waals surface area contributed by atoms with E-state index in [1.54, 1.807) is 6.07 Å². The zero-order chi connectivity index (χ0) is 17.9. The van der Waals surface area contributed by atoms with Gasteiger partial charge in [-0.2, -0.15) is 0 Å². The average molecular weight is 359 g/mol. The zero-order valence-electron chi connectivity index (χ0n) is 15.1. The highest BCUT2D eigenvalue weighted by molar-refractivity contribution is 5.95. The second kappa shape index (κ2) is 7.53. The maximum absolute atomic E-state index is 12.9. The summed E-state index contributed by atoms with van der Waals surface area (Å²) in [6.45, 7) is 6.53. The standard InChI is InChI=1S/C19H25N3O4/c1-2-15-11-16(26-20-15)12-21-6-3-7-22(9-8-21)19(23)14-4-5-17-18(10-14)25-13-24-17/h4-5,10,16H,2-3,6-9,11-13H2,1H3. The number of ether oxygens (including phenoxy) is 2. The molecule has 1 aromatic rings. The number of fused-ring (bicyclic) bond motifs is 1. The highest BCUT2D eigenvalue weighted by Crippen LogP contribution is 2.32. The Bertz CT molecular complexity index is 706. The molecular weight excluding hydrogens is 334 g/mol. The summed E-state index contributed by atoms with van der Waals surface area (Å²) >= 11 is 0. The van der Waals surface area contributed by atoms with E-state index in [4.69, 9.17) is 14.3 Å². The summed E-state index contributed by atoms with van der Waals surface area (Å²) in [7, 11) is 0. The number of rotatable bonds is 4. The van der Waals surface area contributed by atoms with E-state index in [1.165, 1.54) is 0 Å². The van der Waals surface area contributed by atoms with E-state index in [9.17, 15) is 4.79 Å². The van der Waals surface area contributed by atoms with Crippen LogP contribution in [0.2, 0.25) is 0 Å². The van der Waals surface area contributed by atoms with Gasteiger partial charge in [-0.25, -0.2) is 0 Å². The molecular formula is C19H25N3O4. The van der Waals surface area contributed by atoms with Crippen molar-refractivity contribution in [2.24, 2.45) is 5.16 Å². The average Bonchev–Trinajstić information content (AvgIpc) is 3.25. The van der Waals surface area contributed by atoms with Crippen molar-refractivity contribution < 1.29 is 19.1 Å².